The van der Waals surface area contributed by atoms with Crippen molar-refractivity contribution in [3.05, 3.63) is 74.2 Å². The number of carbonyl (C=O) groups is 3. The second-order valence-corrected chi connectivity index (χ2v) is 14.2. The van der Waals surface area contributed by atoms with Crippen molar-refractivity contribution >= 4 is 56.5 Å². The third-order valence-corrected chi connectivity index (χ3v) is 10.3. The molecule has 3 heterocycles. The first-order valence-corrected chi connectivity index (χ1v) is 15.3. The lowest BCUT2D eigenvalue weighted by molar-refractivity contribution is -0.126. The van der Waals surface area contributed by atoms with E-state index in [9.17, 15) is 27.6 Å². The number of nitrogens with one attached hydrogen (secondary N) is 2. The number of nitrogens with two attached hydrogens (primary N) is 1. The normalized spacial score (nSPS) is 20.8. The Kier molecular flexibility index (Phi) is 6.82. The van der Waals surface area contributed by atoms with E-state index in [2.05, 4.69) is 31.4 Å². The Bertz CT molecular complexity index is 1650. The Balaban J connectivity index is 1.48. The largest absolute Gasteiger partial charge is 0.325 e. The zero-order valence-corrected chi connectivity index (χ0v) is 23.7. The van der Waals surface area contributed by atoms with Gasteiger partial charge in [0.2, 0.25) is 27.7 Å². The molecule has 0 bridgehead atoms. The van der Waals surface area contributed by atoms with Crippen LogP contribution in [0.2, 0.25) is 0 Å². The maximum atomic E-state index is 13.1. The summed E-state index contributed by atoms with van der Waals surface area (Å²) >= 11 is 2.09. The van der Waals surface area contributed by atoms with Crippen molar-refractivity contribution in [3.63, 3.8) is 0 Å². The number of imide groups is 1. The summed E-state index contributed by atoms with van der Waals surface area (Å²) in [5, 5.41) is 9.94. The molecular formula is C26H26N4O6S3. The first kappa shape index (κ1) is 27.3. The van der Waals surface area contributed by atoms with E-state index in [1.165, 1.54) is 28.8 Å². The monoisotopic (exact) mass is 586 g/mol. The fourth-order valence-corrected chi connectivity index (χ4v) is 8.05. The highest BCUT2D eigenvalue weighted by Crippen LogP contribution is 2.51. The zero-order chi connectivity index (χ0) is 28.3. The Morgan fingerprint density at radius 1 is 1.03 bits per heavy atom. The van der Waals surface area contributed by atoms with Crippen molar-refractivity contribution in [1.82, 2.24) is 9.88 Å². The summed E-state index contributed by atoms with van der Waals surface area (Å²) in [6, 6.07) is 13.2. The van der Waals surface area contributed by atoms with Crippen LogP contribution in [-0.4, -0.2) is 36.0 Å². The van der Waals surface area contributed by atoms with Crippen LogP contribution in [0.3, 0.4) is 0 Å². The molecule has 3 amide bonds. The number of benzene rings is 2. The minimum absolute atomic E-state index is 0.0737. The first-order valence-electron chi connectivity index (χ1n) is 12.0. The first-order chi connectivity index (χ1) is 18.2. The van der Waals surface area contributed by atoms with Crippen LogP contribution in [0.4, 0.5) is 5.69 Å². The van der Waals surface area contributed by atoms with E-state index in [4.69, 9.17) is 5.14 Å². The molecule has 5 rings (SSSR count). The van der Waals surface area contributed by atoms with Gasteiger partial charge in [-0.1, -0.05) is 68.1 Å². The topological polar surface area (TPSA) is 157 Å². The predicted octanol–water partition coefficient (Wildman–Crippen LogP) is 2.37. The van der Waals surface area contributed by atoms with Crippen molar-refractivity contribution < 1.29 is 22.8 Å². The van der Waals surface area contributed by atoms with Crippen LogP contribution < -0.4 is 20.6 Å². The predicted molar refractivity (Wildman–Crippen MR) is 148 cm³/mol. The van der Waals surface area contributed by atoms with Gasteiger partial charge in [0.1, 0.15) is 11.8 Å². The smallest absolute Gasteiger partial charge is 0.308 e. The SMILES string of the molecule is CC(C)(C)c1ccc(C2c3sc(=O)n(CC(=O)Nc4ccc(S(N)(=O)=O)cc4)c3SC3C(=O)NC(=O)C32)cc1. The molecule has 13 heteroatoms. The van der Waals surface area contributed by atoms with Gasteiger partial charge >= 0.3 is 4.87 Å². The number of primary sulfonamides is 1. The summed E-state index contributed by atoms with van der Waals surface area (Å²) in [7, 11) is -3.87. The molecule has 2 aliphatic heterocycles. The van der Waals surface area contributed by atoms with Crippen molar-refractivity contribution in [2.45, 2.75) is 53.8 Å². The number of anilines is 1. The third-order valence-electron chi connectivity index (χ3n) is 6.79. The van der Waals surface area contributed by atoms with Crippen LogP contribution in [0.1, 0.15) is 42.7 Å². The third kappa shape index (κ3) is 5.19. The Hall–Kier alpha value is -3.26. The van der Waals surface area contributed by atoms with Gasteiger partial charge in [0.05, 0.1) is 15.8 Å². The second kappa shape index (κ2) is 9.73. The molecule has 10 nitrogen and oxygen atoms in total. The second-order valence-electron chi connectivity index (χ2n) is 10.5. The highest BCUT2D eigenvalue weighted by Gasteiger charge is 2.52. The molecule has 39 heavy (non-hydrogen) atoms. The molecule has 0 spiro atoms. The van der Waals surface area contributed by atoms with E-state index < -0.39 is 38.9 Å². The Morgan fingerprint density at radius 3 is 2.26 bits per heavy atom. The van der Waals surface area contributed by atoms with Crippen LogP contribution >= 0.6 is 23.1 Å². The van der Waals surface area contributed by atoms with Gasteiger partial charge in [-0.05, 0) is 40.8 Å². The van der Waals surface area contributed by atoms with Gasteiger partial charge in [0, 0.05) is 16.5 Å². The standard InChI is InChI=1S/C26H26N4O6S3/c1-26(2,3)14-6-4-13(5-7-14)18-19-20(23(33)29-22(19)32)37-24-21(18)38-25(34)30(24)12-17(31)28-15-8-10-16(11-9-15)39(27,35)36/h4-11,18-20H,12H2,1-3H3,(H,28,31)(H2,27,35,36)(H,29,32,33). The van der Waals surface area contributed by atoms with E-state index >= 15 is 0 Å². The number of fused-ring (bicyclic) bond motifs is 2. The van der Waals surface area contributed by atoms with Crippen LogP contribution in [-0.2, 0) is 36.4 Å². The van der Waals surface area contributed by atoms with Crippen LogP contribution in [0, 0.1) is 5.92 Å². The molecule has 1 aromatic heterocycles. The van der Waals surface area contributed by atoms with E-state index in [0.29, 0.717) is 15.6 Å². The van der Waals surface area contributed by atoms with E-state index in [1.54, 1.807) is 0 Å². The number of carbonyl (C=O) groups excluding carboxylic acids is 3. The van der Waals surface area contributed by atoms with Gasteiger partial charge < -0.3 is 5.32 Å². The Morgan fingerprint density at radius 2 is 1.67 bits per heavy atom. The van der Waals surface area contributed by atoms with Gasteiger partial charge in [-0.15, -0.1) is 0 Å². The maximum absolute atomic E-state index is 13.1. The van der Waals surface area contributed by atoms with Gasteiger partial charge in [0.25, 0.3) is 0 Å². The minimum atomic E-state index is -3.87. The number of nitrogens with zero attached hydrogens (tertiary/aromatic N) is 1. The molecule has 2 aliphatic rings. The molecule has 2 aromatic carbocycles. The fraction of sp³-hybridized carbons (Fsp3) is 0.308. The number of thiazole rings is 1. The van der Waals surface area contributed by atoms with Gasteiger partial charge in [-0.3, -0.25) is 29.1 Å². The molecule has 0 radical (unpaired) electrons. The molecule has 1 fully saturated rings. The quantitative estimate of drug-likeness (QED) is 0.387. The average molecular weight is 587 g/mol. The van der Waals surface area contributed by atoms with Crippen molar-refractivity contribution in [2.24, 2.45) is 11.1 Å². The van der Waals surface area contributed by atoms with Crippen LogP contribution in [0.5, 0.6) is 0 Å². The van der Waals surface area contributed by atoms with Crippen LogP contribution in [0.25, 0.3) is 0 Å². The molecule has 1 saturated heterocycles. The number of sulfonamides is 1. The molecule has 0 saturated carbocycles. The van der Waals surface area contributed by atoms with Gasteiger partial charge in [-0.25, -0.2) is 13.6 Å². The lowest BCUT2D eigenvalue weighted by atomic mass is 9.81. The molecule has 0 aliphatic carbocycles. The summed E-state index contributed by atoms with van der Waals surface area (Å²) in [6.45, 7) is 5.98. The van der Waals surface area contributed by atoms with Crippen LogP contribution in [0.15, 0.2) is 63.2 Å². The zero-order valence-electron chi connectivity index (χ0n) is 21.3. The van der Waals surface area contributed by atoms with Gasteiger partial charge in [0.15, 0.2) is 0 Å². The average Bonchev–Trinajstić information content (AvgIpc) is 3.31. The maximum Gasteiger partial charge on any atom is 0.308 e. The van der Waals surface area contributed by atoms with Gasteiger partial charge in [-0.2, -0.15) is 0 Å². The molecule has 3 atom stereocenters. The Labute approximate surface area is 233 Å². The van der Waals surface area contributed by atoms with Crippen molar-refractivity contribution in [2.75, 3.05) is 5.32 Å². The molecule has 3 aromatic rings. The number of hydrogen-bond donors (Lipinski definition) is 3. The summed E-state index contributed by atoms with van der Waals surface area (Å²) in [5.41, 5.74) is 2.18. The number of rotatable bonds is 5. The van der Waals surface area contributed by atoms with E-state index in [0.717, 1.165) is 34.2 Å². The summed E-state index contributed by atoms with van der Waals surface area (Å²) < 4.78 is 24.3. The lowest BCUT2D eigenvalue weighted by Crippen LogP contribution is -2.32. The lowest BCUT2D eigenvalue weighted by Gasteiger charge is -2.31. The molecule has 204 valence electrons. The number of hydrogen-bond acceptors (Lipinski definition) is 8. The summed E-state index contributed by atoms with van der Waals surface area (Å²) in [5.74, 6) is -2.49. The number of thioether (sulfide) groups is 1. The molecule has 3 unspecified atom stereocenters. The van der Waals surface area contributed by atoms with E-state index in [1.807, 2.05) is 24.3 Å². The summed E-state index contributed by atoms with van der Waals surface area (Å²) in [4.78, 5) is 51.7. The number of amides is 3. The van der Waals surface area contributed by atoms with Crippen molar-refractivity contribution in [3.8, 4) is 0 Å². The molecular weight excluding hydrogens is 561 g/mol. The highest BCUT2D eigenvalue weighted by molar-refractivity contribution is 8.00. The fourth-order valence-electron chi connectivity index (χ4n) is 4.80. The van der Waals surface area contributed by atoms with E-state index in [-0.39, 0.29) is 27.6 Å². The van der Waals surface area contributed by atoms with Crippen molar-refractivity contribution in [1.29, 1.82) is 0 Å². The molecule has 4 N–H and O–H groups in total. The highest BCUT2D eigenvalue weighted by atomic mass is 32.2. The summed E-state index contributed by atoms with van der Waals surface area (Å²) in [6.07, 6.45) is 0. The minimum Gasteiger partial charge on any atom is -0.325 e. The number of aromatic nitrogens is 1.